The number of fused-ring (bicyclic) bond motifs is 3. The summed E-state index contributed by atoms with van der Waals surface area (Å²) < 4.78 is 13.1. The molecule has 1 saturated carbocycles. The van der Waals surface area contributed by atoms with Gasteiger partial charge in [-0.2, -0.15) is 5.26 Å². The molecule has 4 fully saturated rings. The number of thiophene rings is 1. The standard InChI is InChI=1S/C29H37N2O4S/c30-20-22-7-4-10-25(19-22)34-17-6-14-31-15-12-23(13-16-31)26(21-31)35-28(32)29(33,27-11-5-18-36-27)24-8-2-1-3-9-24/h4-5,7,10-11,18-19,23-24,26,33H,1-3,6,8-9,12-17,21H2/q+1/t23?,26-,29-,31?/m0/s1. The molecule has 3 saturated heterocycles. The van der Waals surface area contributed by atoms with E-state index in [-0.39, 0.29) is 12.0 Å². The first-order valence-corrected chi connectivity index (χ1v) is 14.4. The molecule has 0 unspecified atom stereocenters. The monoisotopic (exact) mass is 509 g/mol. The summed E-state index contributed by atoms with van der Waals surface area (Å²) in [5.74, 6) is 0.611. The molecule has 2 atom stereocenters. The van der Waals surface area contributed by atoms with E-state index in [1.807, 2.05) is 29.6 Å². The lowest BCUT2D eigenvalue weighted by atomic mass is 9.75. The van der Waals surface area contributed by atoms with Crippen LogP contribution in [0.5, 0.6) is 5.75 Å². The first-order chi connectivity index (χ1) is 17.5. The average Bonchev–Trinajstić information content (AvgIpc) is 3.48. The van der Waals surface area contributed by atoms with E-state index in [0.29, 0.717) is 18.1 Å². The molecule has 4 heterocycles. The molecule has 1 aromatic carbocycles. The van der Waals surface area contributed by atoms with E-state index >= 15 is 0 Å². The maximum Gasteiger partial charge on any atom is 0.344 e. The van der Waals surface area contributed by atoms with Crippen LogP contribution in [0.15, 0.2) is 41.8 Å². The largest absolute Gasteiger partial charge is 0.493 e. The topological polar surface area (TPSA) is 79.5 Å². The molecule has 0 amide bonds. The Morgan fingerprint density at radius 2 is 1.94 bits per heavy atom. The minimum atomic E-state index is -1.53. The van der Waals surface area contributed by atoms with Gasteiger partial charge in [0.15, 0.2) is 11.7 Å². The molecule has 6 rings (SSSR count). The van der Waals surface area contributed by atoms with Crippen molar-refractivity contribution < 1.29 is 23.9 Å². The van der Waals surface area contributed by atoms with Gasteiger partial charge in [-0.05, 0) is 42.5 Å². The number of hydrogen-bond acceptors (Lipinski definition) is 6. The first-order valence-electron chi connectivity index (χ1n) is 13.5. The molecule has 1 N–H and O–H groups in total. The number of carbonyl (C=O) groups excluding carboxylic acids is 1. The number of aliphatic hydroxyl groups is 1. The lowest BCUT2D eigenvalue weighted by Gasteiger charge is -2.52. The van der Waals surface area contributed by atoms with Crippen molar-refractivity contribution in [3.05, 3.63) is 52.2 Å². The number of esters is 1. The normalized spacial score (nSPS) is 27.7. The van der Waals surface area contributed by atoms with Crippen LogP contribution < -0.4 is 4.74 Å². The molecule has 2 bridgehead atoms. The van der Waals surface area contributed by atoms with Crippen LogP contribution in [-0.2, 0) is 15.1 Å². The molecular weight excluding hydrogens is 472 g/mol. The van der Waals surface area contributed by atoms with Crippen molar-refractivity contribution in [3.63, 3.8) is 0 Å². The van der Waals surface area contributed by atoms with Crippen molar-refractivity contribution in [2.24, 2.45) is 11.8 Å². The fourth-order valence-electron chi connectivity index (χ4n) is 6.63. The summed E-state index contributed by atoms with van der Waals surface area (Å²) in [6.45, 7) is 4.63. The third-order valence-corrected chi connectivity index (χ3v) is 9.71. The molecule has 4 aliphatic rings. The van der Waals surface area contributed by atoms with Crippen molar-refractivity contribution in [1.82, 2.24) is 0 Å². The van der Waals surface area contributed by atoms with Gasteiger partial charge in [0.25, 0.3) is 0 Å². The Kier molecular flexibility index (Phi) is 7.66. The average molecular weight is 510 g/mol. The van der Waals surface area contributed by atoms with Crippen LogP contribution in [0.2, 0.25) is 0 Å². The number of quaternary nitrogens is 1. The van der Waals surface area contributed by atoms with Gasteiger partial charge in [-0.3, -0.25) is 0 Å². The van der Waals surface area contributed by atoms with Gasteiger partial charge in [0.1, 0.15) is 12.3 Å². The SMILES string of the molecule is N#Cc1cccc(OCCC[N+]23CCC(CC2)[C@@H](OC(=O)[C@@](O)(c2cccs2)C2CCCCC2)C3)c1. The maximum absolute atomic E-state index is 13.7. The van der Waals surface area contributed by atoms with Gasteiger partial charge in [0.05, 0.1) is 37.9 Å². The summed E-state index contributed by atoms with van der Waals surface area (Å²) >= 11 is 1.46. The van der Waals surface area contributed by atoms with E-state index in [9.17, 15) is 9.90 Å². The second kappa shape index (κ2) is 10.9. The van der Waals surface area contributed by atoms with Gasteiger partial charge in [-0.1, -0.05) is 31.4 Å². The number of nitrogens with zero attached hydrogens (tertiary/aromatic N) is 2. The van der Waals surface area contributed by atoms with Crippen LogP contribution in [-0.4, -0.2) is 54.4 Å². The number of rotatable bonds is 9. The second-order valence-electron chi connectivity index (χ2n) is 10.9. The van der Waals surface area contributed by atoms with Gasteiger partial charge in [0, 0.05) is 36.0 Å². The predicted molar refractivity (Wildman–Crippen MR) is 138 cm³/mol. The highest BCUT2D eigenvalue weighted by atomic mass is 32.1. The molecular formula is C29H37N2O4S+. The van der Waals surface area contributed by atoms with E-state index in [1.165, 1.54) is 17.8 Å². The summed E-state index contributed by atoms with van der Waals surface area (Å²) in [7, 11) is 0. The molecule has 3 aliphatic heterocycles. The zero-order valence-electron chi connectivity index (χ0n) is 20.9. The summed E-state index contributed by atoms with van der Waals surface area (Å²) in [5, 5.41) is 22.9. The van der Waals surface area contributed by atoms with Crippen LogP contribution in [0.1, 0.15) is 61.8 Å². The Balaban J connectivity index is 1.21. The Morgan fingerprint density at radius 3 is 2.67 bits per heavy atom. The molecule has 1 aliphatic carbocycles. The zero-order chi connectivity index (χ0) is 25.0. The highest BCUT2D eigenvalue weighted by molar-refractivity contribution is 7.10. The maximum atomic E-state index is 13.7. The summed E-state index contributed by atoms with van der Waals surface area (Å²) in [5.41, 5.74) is -0.926. The molecule has 0 spiro atoms. The number of nitriles is 1. The number of benzene rings is 1. The highest BCUT2D eigenvalue weighted by Crippen LogP contribution is 2.44. The molecule has 2 aromatic rings. The molecule has 6 nitrogen and oxygen atoms in total. The van der Waals surface area contributed by atoms with Gasteiger partial charge in [0.2, 0.25) is 0 Å². The fraction of sp³-hybridized carbons (Fsp3) is 0.586. The van der Waals surface area contributed by atoms with Gasteiger partial charge < -0.3 is 19.1 Å². The third kappa shape index (κ3) is 5.18. The number of hydrogen-bond donors (Lipinski definition) is 1. The lowest BCUT2D eigenvalue weighted by molar-refractivity contribution is -0.946. The van der Waals surface area contributed by atoms with Crippen LogP contribution in [0.3, 0.4) is 0 Å². The van der Waals surface area contributed by atoms with E-state index in [0.717, 1.165) is 86.2 Å². The second-order valence-corrected chi connectivity index (χ2v) is 11.8. The van der Waals surface area contributed by atoms with Crippen LogP contribution in [0, 0.1) is 23.2 Å². The predicted octanol–water partition coefficient (Wildman–Crippen LogP) is 5.01. The lowest BCUT2D eigenvalue weighted by Crippen LogP contribution is -2.65. The summed E-state index contributed by atoms with van der Waals surface area (Å²) in [6.07, 6.45) is 7.91. The Labute approximate surface area is 218 Å². The first kappa shape index (κ1) is 25.3. The van der Waals surface area contributed by atoms with Crippen molar-refractivity contribution in [2.75, 3.05) is 32.8 Å². The van der Waals surface area contributed by atoms with Crippen molar-refractivity contribution in [2.45, 2.75) is 63.1 Å². The third-order valence-electron chi connectivity index (χ3n) is 8.71. The van der Waals surface area contributed by atoms with Gasteiger partial charge in [-0.25, -0.2) is 4.79 Å². The van der Waals surface area contributed by atoms with Crippen molar-refractivity contribution in [1.29, 1.82) is 5.26 Å². The molecule has 36 heavy (non-hydrogen) atoms. The number of ether oxygens (including phenoxy) is 2. The van der Waals surface area contributed by atoms with Gasteiger partial charge >= 0.3 is 5.97 Å². The van der Waals surface area contributed by atoms with E-state index in [4.69, 9.17) is 14.7 Å². The highest BCUT2D eigenvalue weighted by Gasteiger charge is 2.52. The number of piperidine rings is 3. The Hall–Kier alpha value is -2.40. The van der Waals surface area contributed by atoms with Crippen LogP contribution in [0.25, 0.3) is 0 Å². The summed E-state index contributed by atoms with van der Waals surface area (Å²) in [6, 6.07) is 13.2. The minimum absolute atomic E-state index is 0.0710. The molecule has 1 aromatic heterocycles. The van der Waals surface area contributed by atoms with Crippen LogP contribution >= 0.6 is 11.3 Å². The molecule has 192 valence electrons. The zero-order valence-corrected chi connectivity index (χ0v) is 21.8. The van der Waals surface area contributed by atoms with E-state index < -0.39 is 11.6 Å². The van der Waals surface area contributed by atoms with Crippen molar-refractivity contribution >= 4 is 17.3 Å². The Bertz CT molecular complexity index is 1070. The minimum Gasteiger partial charge on any atom is -0.493 e. The van der Waals surface area contributed by atoms with Crippen molar-refractivity contribution in [3.8, 4) is 11.8 Å². The van der Waals surface area contributed by atoms with Gasteiger partial charge in [-0.15, -0.1) is 11.3 Å². The quantitative estimate of drug-likeness (QED) is 0.292. The van der Waals surface area contributed by atoms with Crippen LogP contribution in [0.4, 0.5) is 0 Å². The summed E-state index contributed by atoms with van der Waals surface area (Å²) in [4.78, 5) is 14.4. The molecule has 0 radical (unpaired) electrons. The fourth-order valence-corrected chi connectivity index (χ4v) is 7.52. The number of carbonyl (C=O) groups is 1. The smallest absolute Gasteiger partial charge is 0.344 e. The molecule has 7 heteroatoms. The Morgan fingerprint density at radius 1 is 1.14 bits per heavy atom. The van der Waals surface area contributed by atoms with E-state index in [1.54, 1.807) is 12.1 Å². The van der Waals surface area contributed by atoms with E-state index in [2.05, 4.69) is 6.07 Å².